The molecule has 2 amide bonds. The summed E-state index contributed by atoms with van der Waals surface area (Å²) in [4.78, 5) is 14.1. The number of anilines is 1. The number of ether oxygens (including phenoxy) is 1. The highest BCUT2D eigenvalue weighted by molar-refractivity contribution is 5.89. The summed E-state index contributed by atoms with van der Waals surface area (Å²) in [5, 5.41) is 6.23. The molecule has 1 saturated heterocycles. The van der Waals surface area contributed by atoms with E-state index in [4.69, 9.17) is 4.74 Å². The van der Waals surface area contributed by atoms with Crippen LogP contribution >= 0.6 is 0 Å². The van der Waals surface area contributed by atoms with Gasteiger partial charge in [0.05, 0.1) is 7.11 Å². The molecule has 0 spiro atoms. The summed E-state index contributed by atoms with van der Waals surface area (Å²) in [6, 6.07) is 7.84. The fourth-order valence-electron chi connectivity index (χ4n) is 2.64. The van der Waals surface area contributed by atoms with Gasteiger partial charge in [-0.1, -0.05) is 6.92 Å². The van der Waals surface area contributed by atoms with Crippen LogP contribution in [0.25, 0.3) is 0 Å². The Morgan fingerprint density at radius 2 is 2.05 bits per heavy atom. The molecule has 0 saturated carbocycles. The van der Waals surface area contributed by atoms with E-state index in [-0.39, 0.29) is 6.03 Å². The number of urea groups is 1. The van der Waals surface area contributed by atoms with Crippen molar-refractivity contribution in [1.29, 1.82) is 0 Å². The first-order valence-corrected chi connectivity index (χ1v) is 7.01. The Kier molecular flexibility index (Phi) is 4.84. The van der Waals surface area contributed by atoms with Crippen molar-refractivity contribution < 1.29 is 9.53 Å². The summed E-state index contributed by atoms with van der Waals surface area (Å²) in [5.41, 5.74) is 0.791. The highest BCUT2D eigenvalue weighted by atomic mass is 16.5. The van der Waals surface area contributed by atoms with Crippen LogP contribution in [0.4, 0.5) is 10.5 Å². The molecule has 0 aromatic heterocycles. The van der Waals surface area contributed by atoms with Gasteiger partial charge in [-0.2, -0.15) is 0 Å². The Hall–Kier alpha value is -1.75. The third kappa shape index (κ3) is 3.42. The number of carbonyl (C=O) groups excluding carboxylic acids is 1. The van der Waals surface area contributed by atoms with Crippen LogP contribution in [0.5, 0.6) is 5.75 Å². The van der Waals surface area contributed by atoms with Gasteiger partial charge in [0.15, 0.2) is 0 Å². The fraction of sp³-hybridized carbons (Fsp3) is 0.533. The maximum atomic E-state index is 12.2. The number of carbonyl (C=O) groups is 1. The second-order valence-electron chi connectivity index (χ2n) is 5.27. The quantitative estimate of drug-likeness (QED) is 0.890. The number of rotatable bonds is 3. The van der Waals surface area contributed by atoms with Crippen LogP contribution < -0.4 is 15.4 Å². The highest BCUT2D eigenvalue weighted by Crippen LogP contribution is 2.19. The first-order chi connectivity index (χ1) is 9.63. The molecule has 0 radical (unpaired) electrons. The molecule has 20 heavy (non-hydrogen) atoms. The predicted octanol–water partition coefficient (Wildman–Crippen LogP) is 2.16. The Morgan fingerprint density at radius 1 is 1.35 bits per heavy atom. The summed E-state index contributed by atoms with van der Waals surface area (Å²) in [6.45, 7) is 3.75. The predicted molar refractivity (Wildman–Crippen MR) is 80.2 cm³/mol. The van der Waals surface area contributed by atoms with Crippen molar-refractivity contribution in [3.63, 3.8) is 0 Å². The summed E-state index contributed by atoms with van der Waals surface area (Å²) in [7, 11) is 3.61. The molecule has 0 bridgehead atoms. The van der Waals surface area contributed by atoms with Gasteiger partial charge in [0, 0.05) is 24.8 Å². The number of benzene rings is 1. The van der Waals surface area contributed by atoms with Crippen molar-refractivity contribution in [3.8, 4) is 5.75 Å². The number of hydrogen-bond acceptors (Lipinski definition) is 3. The summed E-state index contributed by atoms with van der Waals surface area (Å²) in [6.07, 6.45) is 0.994. The van der Waals surface area contributed by atoms with E-state index >= 15 is 0 Å². The molecule has 2 unspecified atom stereocenters. The summed E-state index contributed by atoms with van der Waals surface area (Å²) in [5.74, 6) is 1.25. The van der Waals surface area contributed by atoms with Crippen molar-refractivity contribution in [2.45, 2.75) is 19.4 Å². The lowest BCUT2D eigenvalue weighted by molar-refractivity contribution is 0.163. The maximum Gasteiger partial charge on any atom is 0.321 e. The van der Waals surface area contributed by atoms with Crippen LogP contribution in [0.2, 0.25) is 0 Å². The average Bonchev–Trinajstić information content (AvgIpc) is 2.48. The van der Waals surface area contributed by atoms with Gasteiger partial charge in [0.1, 0.15) is 5.75 Å². The number of nitrogens with zero attached hydrogens (tertiary/aromatic N) is 1. The van der Waals surface area contributed by atoms with Gasteiger partial charge in [-0.25, -0.2) is 4.79 Å². The van der Waals surface area contributed by atoms with Crippen molar-refractivity contribution >= 4 is 11.7 Å². The number of methoxy groups -OCH3 is 1. The molecular formula is C15H23N3O2. The lowest BCUT2D eigenvalue weighted by atomic mass is 9.94. The first-order valence-electron chi connectivity index (χ1n) is 7.01. The number of likely N-dealkylation sites (tertiary alicyclic amines) is 1. The standard InChI is InChI=1S/C15H23N3O2/c1-11-10-18(9-8-14(11)16-2)15(19)17-12-4-6-13(20-3)7-5-12/h4-7,11,14,16H,8-10H2,1-3H3,(H,17,19). The molecule has 2 rings (SSSR count). The van der Waals surface area contributed by atoms with Gasteiger partial charge < -0.3 is 20.3 Å². The summed E-state index contributed by atoms with van der Waals surface area (Å²) >= 11 is 0. The van der Waals surface area contributed by atoms with Crippen molar-refractivity contribution in [1.82, 2.24) is 10.2 Å². The topological polar surface area (TPSA) is 53.6 Å². The minimum Gasteiger partial charge on any atom is -0.497 e. The zero-order valence-electron chi connectivity index (χ0n) is 12.3. The molecule has 1 fully saturated rings. The Morgan fingerprint density at radius 3 is 2.60 bits per heavy atom. The molecule has 1 aliphatic heterocycles. The van der Waals surface area contributed by atoms with Gasteiger partial charge in [-0.05, 0) is 43.7 Å². The Labute approximate surface area is 120 Å². The minimum absolute atomic E-state index is 0.0310. The molecule has 2 atom stereocenters. The van der Waals surface area contributed by atoms with E-state index in [1.807, 2.05) is 36.2 Å². The van der Waals surface area contributed by atoms with E-state index in [0.717, 1.165) is 30.9 Å². The second kappa shape index (κ2) is 6.61. The fourth-order valence-corrected chi connectivity index (χ4v) is 2.64. The van der Waals surface area contributed by atoms with Gasteiger partial charge in [0.25, 0.3) is 0 Å². The van der Waals surface area contributed by atoms with Crippen LogP contribution in [0.3, 0.4) is 0 Å². The van der Waals surface area contributed by atoms with E-state index in [1.54, 1.807) is 7.11 Å². The highest BCUT2D eigenvalue weighted by Gasteiger charge is 2.27. The molecule has 1 aliphatic rings. The van der Waals surface area contributed by atoms with Gasteiger partial charge in [-0.3, -0.25) is 0 Å². The van der Waals surface area contributed by atoms with Gasteiger partial charge in [0.2, 0.25) is 0 Å². The van der Waals surface area contributed by atoms with E-state index in [9.17, 15) is 4.79 Å². The van der Waals surface area contributed by atoms with Crippen LogP contribution in [0.1, 0.15) is 13.3 Å². The lowest BCUT2D eigenvalue weighted by Crippen LogP contribution is -2.50. The van der Waals surface area contributed by atoms with E-state index in [2.05, 4.69) is 17.6 Å². The Balaban J connectivity index is 1.91. The van der Waals surface area contributed by atoms with E-state index in [1.165, 1.54) is 0 Å². The SMILES string of the molecule is CNC1CCN(C(=O)Nc2ccc(OC)cc2)CC1C. The average molecular weight is 277 g/mol. The molecule has 110 valence electrons. The molecule has 5 heteroatoms. The van der Waals surface area contributed by atoms with Crippen LogP contribution in [0, 0.1) is 5.92 Å². The third-order valence-electron chi connectivity index (χ3n) is 3.90. The smallest absolute Gasteiger partial charge is 0.321 e. The monoisotopic (exact) mass is 277 g/mol. The van der Waals surface area contributed by atoms with Crippen molar-refractivity contribution in [3.05, 3.63) is 24.3 Å². The second-order valence-corrected chi connectivity index (χ2v) is 5.27. The maximum absolute atomic E-state index is 12.2. The number of amides is 2. The largest absolute Gasteiger partial charge is 0.497 e. The minimum atomic E-state index is -0.0310. The van der Waals surface area contributed by atoms with Gasteiger partial charge >= 0.3 is 6.03 Å². The molecular weight excluding hydrogens is 254 g/mol. The summed E-state index contributed by atoms with van der Waals surface area (Å²) < 4.78 is 5.10. The normalized spacial score (nSPS) is 22.4. The number of nitrogens with one attached hydrogen (secondary N) is 2. The molecule has 5 nitrogen and oxygen atoms in total. The van der Waals surface area contributed by atoms with E-state index in [0.29, 0.717) is 12.0 Å². The third-order valence-corrected chi connectivity index (χ3v) is 3.90. The van der Waals surface area contributed by atoms with Crippen molar-refractivity contribution in [2.75, 3.05) is 32.6 Å². The van der Waals surface area contributed by atoms with Crippen LogP contribution in [-0.4, -0.2) is 44.2 Å². The zero-order valence-corrected chi connectivity index (χ0v) is 12.3. The van der Waals surface area contributed by atoms with E-state index < -0.39 is 0 Å². The molecule has 1 aromatic rings. The van der Waals surface area contributed by atoms with Crippen molar-refractivity contribution in [2.24, 2.45) is 5.92 Å². The Bertz CT molecular complexity index is 447. The first kappa shape index (κ1) is 14.7. The number of piperidine rings is 1. The molecule has 0 aliphatic carbocycles. The molecule has 1 aromatic carbocycles. The molecule has 2 N–H and O–H groups in total. The van der Waals surface area contributed by atoms with Crippen LogP contribution in [0.15, 0.2) is 24.3 Å². The molecule has 1 heterocycles. The number of hydrogen-bond donors (Lipinski definition) is 2. The lowest BCUT2D eigenvalue weighted by Gasteiger charge is -2.36. The van der Waals surface area contributed by atoms with Gasteiger partial charge in [-0.15, -0.1) is 0 Å². The zero-order chi connectivity index (χ0) is 14.5. The van der Waals surface area contributed by atoms with Crippen LogP contribution in [-0.2, 0) is 0 Å².